The largest absolute Gasteiger partial charge is 0.363 e. The number of nitrogens with zero attached hydrogens (tertiary/aromatic N) is 4. The molecular formula is C24H34N6O2. The molecule has 2 aromatic heterocycles. The van der Waals surface area contributed by atoms with Crippen molar-refractivity contribution < 1.29 is 9.59 Å². The normalized spacial score (nSPS) is 15.0. The quantitative estimate of drug-likeness (QED) is 0.659. The van der Waals surface area contributed by atoms with Gasteiger partial charge in [-0.2, -0.15) is 0 Å². The van der Waals surface area contributed by atoms with E-state index >= 15 is 0 Å². The van der Waals surface area contributed by atoms with E-state index in [-0.39, 0.29) is 17.9 Å². The molecule has 0 spiro atoms. The van der Waals surface area contributed by atoms with Crippen molar-refractivity contribution in [3.05, 3.63) is 47.8 Å². The van der Waals surface area contributed by atoms with Gasteiger partial charge in [0.2, 0.25) is 0 Å². The second-order valence-electron chi connectivity index (χ2n) is 8.78. The van der Waals surface area contributed by atoms with Crippen molar-refractivity contribution in [1.29, 1.82) is 0 Å². The fourth-order valence-corrected chi connectivity index (χ4v) is 4.04. The molecule has 1 fully saturated rings. The first-order chi connectivity index (χ1) is 15.3. The van der Waals surface area contributed by atoms with E-state index in [0.717, 1.165) is 37.3 Å². The molecule has 32 heavy (non-hydrogen) atoms. The van der Waals surface area contributed by atoms with Crippen molar-refractivity contribution >= 4 is 23.5 Å². The molecule has 1 atom stereocenters. The van der Waals surface area contributed by atoms with Gasteiger partial charge in [0.05, 0.1) is 0 Å². The Hall–Kier alpha value is -3.16. The minimum absolute atomic E-state index is 0.127. The smallest absolute Gasteiger partial charge is 0.251 e. The van der Waals surface area contributed by atoms with Crippen molar-refractivity contribution in [3.63, 3.8) is 0 Å². The molecular weight excluding hydrogens is 404 g/mol. The van der Waals surface area contributed by atoms with Crippen LogP contribution in [0.25, 0.3) is 0 Å². The van der Waals surface area contributed by atoms with Crippen LogP contribution in [0.15, 0.2) is 36.7 Å². The van der Waals surface area contributed by atoms with E-state index in [1.165, 1.54) is 6.42 Å². The predicted molar refractivity (Wildman–Crippen MR) is 127 cm³/mol. The van der Waals surface area contributed by atoms with E-state index in [2.05, 4.69) is 20.6 Å². The lowest BCUT2D eigenvalue weighted by molar-refractivity contribution is 0.0882. The van der Waals surface area contributed by atoms with Crippen LogP contribution in [0.2, 0.25) is 0 Å². The van der Waals surface area contributed by atoms with Crippen molar-refractivity contribution in [1.82, 2.24) is 20.6 Å². The second-order valence-corrected chi connectivity index (χ2v) is 8.78. The van der Waals surface area contributed by atoms with Crippen molar-refractivity contribution in [2.75, 3.05) is 44.5 Å². The summed E-state index contributed by atoms with van der Waals surface area (Å²) in [6, 6.07) is 6.85. The third kappa shape index (κ3) is 6.18. The van der Waals surface area contributed by atoms with Crippen LogP contribution in [0.5, 0.6) is 0 Å². The molecule has 0 radical (unpaired) electrons. The number of anilines is 2. The van der Waals surface area contributed by atoms with Gasteiger partial charge in [-0.25, -0.2) is 9.97 Å². The zero-order valence-corrected chi connectivity index (χ0v) is 19.5. The highest BCUT2D eigenvalue weighted by Crippen LogP contribution is 2.26. The van der Waals surface area contributed by atoms with Gasteiger partial charge >= 0.3 is 0 Å². The Bertz CT molecular complexity index is 924. The van der Waals surface area contributed by atoms with Gasteiger partial charge in [0.15, 0.2) is 0 Å². The molecule has 2 aromatic rings. The minimum atomic E-state index is -0.163. The number of pyridine rings is 2. The minimum Gasteiger partial charge on any atom is -0.363 e. The van der Waals surface area contributed by atoms with Gasteiger partial charge in [0, 0.05) is 64.3 Å². The molecule has 1 saturated carbocycles. The van der Waals surface area contributed by atoms with Crippen LogP contribution in [0.1, 0.15) is 52.8 Å². The summed E-state index contributed by atoms with van der Waals surface area (Å²) in [7, 11) is 7.56. The monoisotopic (exact) mass is 438 g/mol. The Kier molecular flexibility index (Phi) is 8.03. The van der Waals surface area contributed by atoms with Gasteiger partial charge in [-0.05, 0) is 43.0 Å². The number of carbonyl (C=O) groups excluding carboxylic acids is 2. The van der Waals surface area contributed by atoms with Gasteiger partial charge in [0.25, 0.3) is 11.8 Å². The van der Waals surface area contributed by atoms with E-state index in [1.54, 1.807) is 36.7 Å². The van der Waals surface area contributed by atoms with Crippen LogP contribution in [0.3, 0.4) is 0 Å². The molecule has 3 rings (SSSR count). The summed E-state index contributed by atoms with van der Waals surface area (Å²) in [5, 5.41) is 6.21. The van der Waals surface area contributed by atoms with Gasteiger partial charge in [-0.1, -0.05) is 19.3 Å². The molecule has 8 heteroatoms. The van der Waals surface area contributed by atoms with Gasteiger partial charge in [-0.3, -0.25) is 9.59 Å². The summed E-state index contributed by atoms with van der Waals surface area (Å²) in [5.74, 6) is 1.50. The highest BCUT2D eigenvalue weighted by molar-refractivity contribution is 5.96. The molecule has 1 aliphatic rings. The first-order valence-electron chi connectivity index (χ1n) is 11.2. The Morgan fingerprint density at radius 2 is 1.44 bits per heavy atom. The first-order valence-corrected chi connectivity index (χ1v) is 11.2. The van der Waals surface area contributed by atoms with Crippen LogP contribution >= 0.6 is 0 Å². The SMILES string of the molecule is CN(C)c1cc(C(=O)NCC(NC(=O)c2ccnc(N(C)C)c2)C2CCCCC2)ccn1. The van der Waals surface area contributed by atoms with Crippen molar-refractivity contribution in [3.8, 4) is 0 Å². The number of nitrogens with one attached hydrogen (secondary N) is 2. The van der Waals surface area contributed by atoms with E-state index < -0.39 is 0 Å². The van der Waals surface area contributed by atoms with E-state index in [4.69, 9.17) is 0 Å². The molecule has 0 bridgehead atoms. The average molecular weight is 439 g/mol. The number of rotatable bonds is 8. The fourth-order valence-electron chi connectivity index (χ4n) is 4.04. The van der Waals surface area contributed by atoms with Gasteiger partial charge in [-0.15, -0.1) is 0 Å². The van der Waals surface area contributed by atoms with Gasteiger partial charge < -0.3 is 20.4 Å². The average Bonchev–Trinajstić information content (AvgIpc) is 2.82. The Morgan fingerprint density at radius 3 is 1.97 bits per heavy atom. The van der Waals surface area contributed by atoms with E-state index in [0.29, 0.717) is 23.6 Å². The predicted octanol–water partition coefficient (Wildman–Crippen LogP) is 2.72. The maximum Gasteiger partial charge on any atom is 0.251 e. The number of carbonyl (C=O) groups is 2. The third-order valence-electron chi connectivity index (χ3n) is 5.95. The summed E-state index contributed by atoms with van der Waals surface area (Å²) >= 11 is 0. The van der Waals surface area contributed by atoms with E-state index in [9.17, 15) is 9.59 Å². The highest BCUT2D eigenvalue weighted by Gasteiger charge is 2.26. The Morgan fingerprint density at radius 1 is 0.906 bits per heavy atom. The molecule has 0 aromatic carbocycles. The number of amides is 2. The molecule has 0 aliphatic heterocycles. The summed E-state index contributed by atoms with van der Waals surface area (Å²) in [6.45, 7) is 0.389. The summed E-state index contributed by atoms with van der Waals surface area (Å²) < 4.78 is 0. The van der Waals surface area contributed by atoms with Crippen LogP contribution in [0, 0.1) is 5.92 Å². The zero-order valence-electron chi connectivity index (χ0n) is 19.5. The van der Waals surface area contributed by atoms with Crippen LogP contribution in [-0.4, -0.2) is 62.6 Å². The third-order valence-corrected chi connectivity index (χ3v) is 5.95. The molecule has 172 valence electrons. The molecule has 2 N–H and O–H groups in total. The Balaban J connectivity index is 1.70. The molecule has 1 aliphatic carbocycles. The molecule has 2 heterocycles. The number of hydrogen-bond acceptors (Lipinski definition) is 6. The number of hydrogen-bond donors (Lipinski definition) is 2. The number of aromatic nitrogens is 2. The molecule has 1 unspecified atom stereocenters. The van der Waals surface area contributed by atoms with Crippen molar-refractivity contribution in [2.45, 2.75) is 38.1 Å². The van der Waals surface area contributed by atoms with Gasteiger partial charge in [0.1, 0.15) is 11.6 Å². The lowest BCUT2D eigenvalue weighted by Crippen LogP contribution is -2.48. The first kappa shape index (κ1) is 23.5. The van der Waals surface area contributed by atoms with Crippen LogP contribution in [0.4, 0.5) is 11.6 Å². The Labute approximate surface area is 190 Å². The fraction of sp³-hybridized carbons (Fsp3) is 0.500. The second kappa shape index (κ2) is 10.9. The summed E-state index contributed by atoms with van der Waals surface area (Å²) in [5.41, 5.74) is 1.13. The summed E-state index contributed by atoms with van der Waals surface area (Å²) in [4.78, 5) is 38.1. The lowest BCUT2D eigenvalue weighted by Gasteiger charge is -2.31. The highest BCUT2D eigenvalue weighted by atomic mass is 16.2. The molecule has 2 amide bonds. The lowest BCUT2D eigenvalue weighted by atomic mass is 9.83. The van der Waals surface area contributed by atoms with Crippen LogP contribution in [-0.2, 0) is 0 Å². The maximum absolute atomic E-state index is 13.0. The summed E-state index contributed by atoms with van der Waals surface area (Å²) in [6.07, 6.45) is 8.93. The molecule has 0 saturated heterocycles. The standard InChI is InChI=1S/C24H34N6O2/c1-29(2)21-14-18(10-12-25-21)23(31)27-16-20(17-8-6-5-7-9-17)28-24(32)19-11-13-26-22(15-19)30(3)4/h10-15,17,20H,5-9,16H2,1-4H3,(H,27,31)(H,28,32). The molecule has 8 nitrogen and oxygen atoms in total. The maximum atomic E-state index is 13.0. The zero-order chi connectivity index (χ0) is 23.1. The van der Waals surface area contributed by atoms with E-state index in [1.807, 2.05) is 38.0 Å². The van der Waals surface area contributed by atoms with Crippen molar-refractivity contribution in [2.24, 2.45) is 5.92 Å². The topological polar surface area (TPSA) is 90.5 Å². The van der Waals surface area contributed by atoms with Crippen LogP contribution < -0.4 is 20.4 Å².